The number of carbonyl (C=O) groups is 1. The van der Waals surface area contributed by atoms with E-state index in [1.54, 1.807) is 0 Å². The lowest BCUT2D eigenvalue weighted by molar-refractivity contribution is 0.0699. The van der Waals surface area contributed by atoms with Crippen molar-refractivity contribution in [1.82, 2.24) is 19.3 Å². The number of hydrogen-bond donors (Lipinski definition) is 1. The zero-order valence-electron chi connectivity index (χ0n) is 17.9. The third-order valence-electron chi connectivity index (χ3n) is 6.17. The normalized spacial score (nSPS) is 16.5. The number of aromatic nitrogens is 3. The second kappa shape index (κ2) is 7.35. The van der Waals surface area contributed by atoms with E-state index in [0.717, 1.165) is 33.4 Å². The van der Waals surface area contributed by atoms with Gasteiger partial charge in [-0.15, -0.1) is 0 Å². The predicted molar refractivity (Wildman–Crippen MR) is 120 cm³/mol. The van der Waals surface area contributed by atoms with Crippen molar-refractivity contribution in [2.45, 2.75) is 39.5 Å². The van der Waals surface area contributed by atoms with Gasteiger partial charge in [0.05, 0.1) is 30.0 Å². The molecule has 4 aromatic rings. The van der Waals surface area contributed by atoms with Crippen LogP contribution in [0, 0.1) is 0 Å². The van der Waals surface area contributed by atoms with E-state index in [2.05, 4.69) is 4.98 Å². The minimum atomic E-state index is -0.160. The van der Waals surface area contributed by atoms with Crippen LogP contribution in [-0.2, 0) is 11.3 Å². The molecule has 7 heteroatoms. The molecule has 0 fully saturated rings. The molecule has 31 heavy (non-hydrogen) atoms. The van der Waals surface area contributed by atoms with E-state index in [1.807, 2.05) is 78.9 Å². The number of imidazole rings is 1. The molecule has 2 atom stereocenters. The van der Waals surface area contributed by atoms with E-state index in [-0.39, 0.29) is 18.1 Å². The standard InChI is InChI=1S/C24H25N5O2/c1-4-29(14(2)20-12-28-10-6-5-7-21(28)26-20)24(30)16-8-9-19-17(11-16)18-13-31-15(3)22(18)23(25)27-19/h5-12,14-15H,4,13H2,1-3H3,(H2,25,27). The highest BCUT2D eigenvalue weighted by atomic mass is 16.5. The molecule has 3 aromatic heterocycles. The van der Waals surface area contributed by atoms with Gasteiger partial charge in [0.25, 0.3) is 5.91 Å². The minimum absolute atomic E-state index is 0.0357. The Balaban J connectivity index is 1.52. The van der Waals surface area contributed by atoms with Crippen molar-refractivity contribution in [1.29, 1.82) is 0 Å². The van der Waals surface area contributed by atoms with Gasteiger partial charge >= 0.3 is 0 Å². The Morgan fingerprint density at radius 1 is 1.32 bits per heavy atom. The van der Waals surface area contributed by atoms with Gasteiger partial charge in [-0.05, 0) is 56.7 Å². The number of benzene rings is 1. The molecule has 0 bridgehead atoms. The highest BCUT2D eigenvalue weighted by Crippen LogP contribution is 2.38. The number of nitrogens with zero attached hydrogens (tertiary/aromatic N) is 4. The summed E-state index contributed by atoms with van der Waals surface area (Å²) in [6, 6.07) is 11.3. The Labute approximate surface area is 180 Å². The predicted octanol–water partition coefficient (Wildman–Crippen LogP) is 4.28. The fraction of sp³-hybridized carbons (Fsp3) is 0.292. The molecule has 0 aliphatic carbocycles. The molecule has 0 spiro atoms. The number of nitrogen functional groups attached to an aromatic ring is 1. The van der Waals surface area contributed by atoms with Crippen LogP contribution in [-0.4, -0.2) is 31.7 Å². The van der Waals surface area contributed by atoms with Gasteiger partial charge < -0.3 is 19.8 Å². The maximum absolute atomic E-state index is 13.5. The van der Waals surface area contributed by atoms with Gasteiger partial charge in [0.1, 0.15) is 11.5 Å². The number of amides is 1. The minimum Gasteiger partial charge on any atom is -0.383 e. The fourth-order valence-electron chi connectivity index (χ4n) is 4.47. The van der Waals surface area contributed by atoms with Crippen molar-refractivity contribution < 1.29 is 9.53 Å². The summed E-state index contributed by atoms with van der Waals surface area (Å²) >= 11 is 0. The smallest absolute Gasteiger partial charge is 0.254 e. The molecule has 2 N–H and O–H groups in total. The molecule has 1 aliphatic heterocycles. The summed E-state index contributed by atoms with van der Waals surface area (Å²) in [4.78, 5) is 24.6. The largest absolute Gasteiger partial charge is 0.383 e. The van der Waals surface area contributed by atoms with Crippen molar-refractivity contribution in [2.24, 2.45) is 0 Å². The van der Waals surface area contributed by atoms with Crippen LogP contribution in [0.4, 0.5) is 5.82 Å². The number of anilines is 1. The summed E-state index contributed by atoms with van der Waals surface area (Å²) in [5.74, 6) is 0.466. The van der Waals surface area contributed by atoms with Crippen molar-refractivity contribution in [3.8, 4) is 0 Å². The second-order valence-electron chi connectivity index (χ2n) is 7.97. The number of fused-ring (bicyclic) bond motifs is 4. The van der Waals surface area contributed by atoms with Crippen LogP contribution >= 0.6 is 0 Å². The average molecular weight is 415 g/mol. The lowest BCUT2D eigenvalue weighted by atomic mass is 9.99. The molecule has 2 unspecified atom stereocenters. The number of nitrogens with two attached hydrogens (primary N) is 1. The SMILES string of the molecule is CCN(C(=O)c1ccc2nc(N)c3c(c2c1)COC3C)C(C)c1cn2ccccc2n1. The summed E-state index contributed by atoms with van der Waals surface area (Å²) in [6.45, 7) is 7.02. The molecule has 1 amide bonds. The van der Waals surface area contributed by atoms with Crippen molar-refractivity contribution in [3.63, 3.8) is 0 Å². The zero-order valence-corrected chi connectivity index (χ0v) is 17.9. The van der Waals surface area contributed by atoms with Crippen LogP contribution in [0.1, 0.15) is 60.1 Å². The first kappa shape index (κ1) is 19.5. The van der Waals surface area contributed by atoms with Gasteiger partial charge in [-0.2, -0.15) is 0 Å². The van der Waals surface area contributed by atoms with Crippen LogP contribution < -0.4 is 5.73 Å². The average Bonchev–Trinajstić information content (AvgIpc) is 3.38. The van der Waals surface area contributed by atoms with Gasteiger partial charge in [0.2, 0.25) is 0 Å². The first-order chi connectivity index (χ1) is 15.0. The van der Waals surface area contributed by atoms with E-state index in [1.165, 1.54) is 0 Å². The molecular formula is C24H25N5O2. The molecule has 0 saturated heterocycles. The summed E-state index contributed by atoms with van der Waals surface area (Å²) in [7, 11) is 0. The van der Waals surface area contributed by atoms with Gasteiger partial charge in [0, 0.05) is 35.5 Å². The first-order valence-corrected chi connectivity index (χ1v) is 10.6. The zero-order chi connectivity index (χ0) is 21.7. The molecule has 5 rings (SSSR count). The molecule has 7 nitrogen and oxygen atoms in total. The van der Waals surface area contributed by atoms with Crippen molar-refractivity contribution in [2.75, 3.05) is 12.3 Å². The number of carbonyl (C=O) groups excluding carboxylic acids is 1. The molecule has 1 aromatic carbocycles. The topological polar surface area (TPSA) is 85.8 Å². The van der Waals surface area contributed by atoms with Crippen LogP contribution in [0.5, 0.6) is 0 Å². The number of ether oxygens (including phenoxy) is 1. The lowest BCUT2D eigenvalue weighted by Crippen LogP contribution is -2.33. The van der Waals surface area contributed by atoms with Crippen LogP contribution in [0.3, 0.4) is 0 Å². The highest BCUT2D eigenvalue weighted by molar-refractivity contribution is 5.99. The van der Waals surface area contributed by atoms with E-state index in [4.69, 9.17) is 15.5 Å². The van der Waals surface area contributed by atoms with Crippen LogP contribution in [0.25, 0.3) is 16.6 Å². The van der Waals surface area contributed by atoms with Gasteiger partial charge in [-0.1, -0.05) is 6.07 Å². The van der Waals surface area contributed by atoms with E-state index in [9.17, 15) is 4.79 Å². The Hall–Kier alpha value is -3.45. The Kier molecular flexibility index (Phi) is 4.63. The molecule has 0 radical (unpaired) electrons. The third-order valence-corrected chi connectivity index (χ3v) is 6.17. The first-order valence-electron chi connectivity index (χ1n) is 10.6. The Bertz CT molecular complexity index is 1280. The number of pyridine rings is 2. The van der Waals surface area contributed by atoms with Crippen LogP contribution in [0.15, 0.2) is 48.8 Å². The van der Waals surface area contributed by atoms with Crippen molar-refractivity contribution >= 4 is 28.3 Å². The number of hydrogen-bond acceptors (Lipinski definition) is 5. The highest BCUT2D eigenvalue weighted by Gasteiger charge is 2.27. The lowest BCUT2D eigenvalue weighted by Gasteiger charge is -2.27. The summed E-state index contributed by atoms with van der Waals surface area (Å²) in [6.07, 6.45) is 3.85. The summed E-state index contributed by atoms with van der Waals surface area (Å²) in [5, 5.41) is 0.927. The van der Waals surface area contributed by atoms with E-state index in [0.29, 0.717) is 24.5 Å². The molecule has 1 aliphatic rings. The maximum atomic E-state index is 13.5. The van der Waals surface area contributed by atoms with E-state index < -0.39 is 0 Å². The van der Waals surface area contributed by atoms with Gasteiger partial charge in [-0.3, -0.25) is 4.79 Å². The molecule has 158 valence electrons. The number of rotatable bonds is 4. The molecule has 0 saturated carbocycles. The Morgan fingerprint density at radius 3 is 2.94 bits per heavy atom. The van der Waals surface area contributed by atoms with Crippen molar-refractivity contribution in [3.05, 3.63) is 71.2 Å². The third kappa shape index (κ3) is 3.13. The van der Waals surface area contributed by atoms with Gasteiger partial charge in [0.15, 0.2) is 0 Å². The maximum Gasteiger partial charge on any atom is 0.254 e. The Morgan fingerprint density at radius 2 is 2.16 bits per heavy atom. The molecule has 4 heterocycles. The monoisotopic (exact) mass is 415 g/mol. The second-order valence-corrected chi connectivity index (χ2v) is 7.97. The summed E-state index contributed by atoms with van der Waals surface area (Å²) in [5.41, 5.74) is 11.2. The van der Waals surface area contributed by atoms with E-state index >= 15 is 0 Å². The van der Waals surface area contributed by atoms with Crippen LogP contribution in [0.2, 0.25) is 0 Å². The van der Waals surface area contributed by atoms with Gasteiger partial charge in [-0.25, -0.2) is 9.97 Å². The molecular weight excluding hydrogens is 390 g/mol. The quantitative estimate of drug-likeness (QED) is 0.538. The summed E-state index contributed by atoms with van der Waals surface area (Å²) < 4.78 is 7.75. The fourth-order valence-corrected chi connectivity index (χ4v) is 4.47.